The second-order valence-corrected chi connectivity index (χ2v) is 4.54. The molecule has 132 valence electrons. The Morgan fingerprint density at radius 1 is 1.42 bits per heavy atom. The first kappa shape index (κ1) is 19.5. The third-order valence-electron chi connectivity index (χ3n) is 2.88. The van der Waals surface area contributed by atoms with E-state index in [9.17, 15) is 22.8 Å². The van der Waals surface area contributed by atoms with Crippen LogP contribution in [0.25, 0.3) is 0 Å². The molecule has 0 aliphatic carbocycles. The van der Waals surface area contributed by atoms with Crippen LogP contribution in [-0.2, 0) is 15.7 Å². The molecule has 1 aromatic rings. The predicted octanol–water partition coefficient (Wildman–Crippen LogP) is 1.53. The highest BCUT2D eigenvalue weighted by Gasteiger charge is 2.35. The summed E-state index contributed by atoms with van der Waals surface area (Å²) in [4.78, 5) is 23.3. The minimum Gasteiger partial charge on any atom is -0.489 e. The molecule has 9 heteroatoms. The summed E-state index contributed by atoms with van der Waals surface area (Å²) in [5, 5.41) is 11.1. The van der Waals surface area contributed by atoms with Crippen molar-refractivity contribution in [3.05, 3.63) is 42.0 Å². The number of methoxy groups -OCH3 is 1. The van der Waals surface area contributed by atoms with Crippen LogP contribution < -0.4 is 10.1 Å². The number of amides is 1. The summed E-state index contributed by atoms with van der Waals surface area (Å²) in [6.07, 6.45) is -3.46. The van der Waals surface area contributed by atoms with Gasteiger partial charge in [0.1, 0.15) is 12.4 Å². The lowest BCUT2D eigenvalue weighted by molar-refractivity contribution is -0.144. The smallest absolute Gasteiger partial charge is 0.419 e. The monoisotopic (exact) mass is 347 g/mol. The van der Waals surface area contributed by atoms with E-state index in [2.05, 4.69) is 16.6 Å². The van der Waals surface area contributed by atoms with E-state index in [1.54, 1.807) is 0 Å². The quantitative estimate of drug-likeness (QED) is 0.577. The normalized spacial score (nSPS) is 12.2. The summed E-state index contributed by atoms with van der Waals surface area (Å²) in [7, 11) is 1.05. The van der Waals surface area contributed by atoms with Crippen molar-refractivity contribution >= 4 is 11.9 Å². The average Bonchev–Trinajstić information content (AvgIpc) is 2.55. The van der Waals surface area contributed by atoms with Gasteiger partial charge in [-0.15, -0.1) is 0 Å². The van der Waals surface area contributed by atoms with Crippen molar-refractivity contribution in [3.63, 3.8) is 0 Å². The Labute approximate surface area is 135 Å². The van der Waals surface area contributed by atoms with Gasteiger partial charge in [0.2, 0.25) is 0 Å². The molecule has 1 atom stereocenters. The highest BCUT2D eigenvalue weighted by Crippen LogP contribution is 2.36. The number of ether oxygens (including phenoxy) is 2. The Morgan fingerprint density at radius 3 is 2.58 bits per heavy atom. The SMILES string of the molecule is C=CCOc1ccc(C(=O)N[C@H](CO)C(=O)OC)cc1C(F)(F)F. The molecule has 0 bridgehead atoms. The molecular formula is C15H16F3NO5. The van der Waals surface area contributed by atoms with Crippen LogP contribution in [-0.4, -0.2) is 43.3 Å². The van der Waals surface area contributed by atoms with Gasteiger partial charge in [0.05, 0.1) is 19.3 Å². The summed E-state index contributed by atoms with van der Waals surface area (Å²) in [5.74, 6) is -2.35. The van der Waals surface area contributed by atoms with E-state index in [-0.39, 0.29) is 12.2 Å². The number of carbonyl (C=O) groups excluding carboxylic acids is 2. The molecule has 1 amide bonds. The number of rotatable bonds is 7. The number of benzene rings is 1. The molecular weight excluding hydrogens is 331 g/mol. The topological polar surface area (TPSA) is 84.9 Å². The highest BCUT2D eigenvalue weighted by molar-refractivity contribution is 5.97. The van der Waals surface area contributed by atoms with Gasteiger partial charge in [-0.3, -0.25) is 4.79 Å². The molecule has 0 radical (unpaired) electrons. The van der Waals surface area contributed by atoms with Gasteiger partial charge >= 0.3 is 12.1 Å². The van der Waals surface area contributed by atoms with E-state index in [0.29, 0.717) is 6.07 Å². The Kier molecular flexibility index (Phi) is 6.78. The second-order valence-electron chi connectivity index (χ2n) is 4.54. The summed E-state index contributed by atoms with van der Waals surface area (Å²) >= 11 is 0. The summed E-state index contributed by atoms with van der Waals surface area (Å²) < 4.78 is 48.5. The van der Waals surface area contributed by atoms with Crippen molar-refractivity contribution in [1.29, 1.82) is 0 Å². The van der Waals surface area contributed by atoms with Gasteiger partial charge in [-0.2, -0.15) is 13.2 Å². The van der Waals surface area contributed by atoms with E-state index in [4.69, 9.17) is 9.84 Å². The predicted molar refractivity (Wildman–Crippen MR) is 77.5 cm³/mol. The van der Waals surface area contributed by atoms with Crippen LogP contribution in [0.1, 0.15) is 15.9 Å². The fourth-order valence-corrected chi connectivity index (χ4v) is 1.73. The van der Waals surface area contributed by atoms with E-state index in [1.165, 1.54) is 6.08 Å². The zero-order valence-electron chi connectivity index (χ0n) is 12.7. The molecule has 24 heavy (non-hydrogen) atoms. The Bertz CT molecular complexity index is 616. The first-order chi connectivity index (χ1) is 11.2. The van der Waals surface area contributed by atoms with Crippen LogP contribution in [0.5, 0.6) is 5.75 Å². The van der Waals surface area contributed by atoms with Crippen LogP contribution in [0, 0.1) is 0 Å². The zero-order chi connectivity index (χ0) is 18.3. The van der Waals surface area contributed by atoms with Crippen molar-refractivity contribution in [2.45, 2.75) is 12.2 Å². The Hall–Kier alpha value is -2.55. The maximum atomic E-state index is 13.1. The van der Waals surface area contributed by atoms with Gasteiger partial charge in [-0.1, -0.05) is 12.7 Å². The minimum absolute atomic E-state index is 0.135. The average molecular weight is 347 g/mol. The van der Waals surface area contributed by atoms with Gasteiger partial charge in [0.15, 0.2) is 6.04 Å². The third-order valence-corrected chi connectivity index (χ3v) is 2.88. The Balaban J connectivity index is 3.09. The van der Waals surface area contributed by atoms with Gasteiger partial charge in [0.25, 0.3) is 5.91 Å². The molecule has 1 aromatic carbocycles. The summed E-state index contributed by atoms with van der Waals surface area (Å²) in [6, 6.07) is 1.31. The molecule has 0 unspecified atom stereocenters. The first-order valence-corrected chi connectivity index (χ1v) is 6.69. The highest BCUT2D eigenvalue weighted by atomic mass is 19.4. The fraction of sp³-hybridized carbons (Fsp3) is 0.333. The molecule has 0 saturated carbocycles. The number of aliphatic hydroxyl groups is 1. The van der Waals surface area contributed by atoms with Crippen molar-refractivity contribution in [2.24, 2.45) is 0 Å². The number of nitrogens with one attached hydrogen (secondary N) is 1. The number of hydrogen-bond acceptors (Lipinski definition) is 5. The molecule has 0 aliphatic heterocycles. The maximum Gasteiger partial charge on any atom is 0.419 e. The van der Waals surface area contributed by atoms with Crippen molar-refractivity contribution < 1.29 is 37.3 Å². The van der Waals surface area contributed by atoms with Crippen molar-refractivity contribution in [2.75, 3.05) is 20.3 Å². The number of esters is 1. The summed E-state index contributed by atoms with van der Waals surface area (Å²) in [6.45, 7) is 2.45. The maximum absolute atomic E-state index is 13.1. The third kappa shape index (κ3) is 4.98. The molecule has 1 rings (SSSR count). The van der Waals surface area contributed by atoms with Crippen LogP contribution in [0.4, 0.5) is 13.2 Å². The van der Waals surface area contributed by atoms with E-state index in [1.807, 2.05) is 0 Å². The van der Waals surface area contributed by atoms with E-state index < -0.39 is 42.0 Å². The lowest BCUT2D eigenvalue weighted by Crippen LogP contribution is -2.44. The van der Waals surface area contributed by atoms with Crippen molar-refractivity contribution in [3.8, 4) is 5.75 Å². The lowest BCUT2D eigenvalue weighted by Gasteiger charge is -2.16. The molecule has 0 heterocycles. The van der Waals surface area contributed by atoms with Gasteiger partial charge in [-0.05, 0) is 18.2 Å². The van der Waals surface area contributed by atoms with E-state index >= 15 is 0 Å². The molecule has 0 saturated heterocycles. The number of aliphatic hydroxyl groups excluding tert-OH is 1. The van der Waals surface area contributed by atoms with Gasteiger partial charge < -0.3 is 19.9 Å². The standard InChI is InChI=1S/C15H16F3NO5/c1-3-6-24-12-5-4-9(7-10(12)15(16,17)18)13(21)19-11(8-20)14(22)23-2/h3-5,7,11,20H,1,6,8H2,2H3,(H,19,21)/t11-/m1/s1. The van der Waals surface area contributed by atoms with Crippen LogP contribution in [0.3, 0.4) is 0 Å². The molecule has 2 N–H and O–H groups in total. The number of hydrogen-bond donors (Lipinski definition) is 2. The van der Waals surface area contributed by atoms with Gasteiger partial charge in [-0.25, -0.2) is 4.79 Å². The number of halogens is 3. The first-order valence-electron chi connectivity index (χ1n) is 6.69. The van der Waals surface area contributed by atoms with Gasteiger partial charge in [0, 0.05) is 5.56 Å². The number of alkyl halides is 3. The Morgan fingerprint density at radius 2 is 2.08 bits per heavy atom. The fourth-order valence-electron chi connectivity index (χ4n) is 1.73. The minimum atomic E-state index is -4.74. The largest absolute Gasteiger partial charge is 0.489 e. The molecule has 0 aliphatic rings. The molecule has 0 fully saturated rings. The molecule has 6 nitrogen and oxygen atoms in total. The van der Waals surface area contributed by atoms with E-state index in [0.717, 1.165) is 19.2 Å². The second kappa shape index (κ2) is 8.34. The number of carbonyl (C=O) groups is 2. The molecule has 0 spiro atoms. The summed E-state index contributed by atoms with van der Waals surface area (Å²) in [5.41, 5.74) is -1.49. The van der Waals surface area contributed by atoms with Crippen LogP contribution in [0.15, 0.2) is 30.9 Å². The zero-order valence-corrected chi connectivity index (χ0v) is 12.7. The molecule has 0 aromatic heterocycles. The lowest BCUT2D eigenvalue weighted by atomic mass is 10.1. The van der Waals surface area contributed by atoms with Crippen LogP contribution >= 0.6 is 0 Å². The van der Waals surface area contributed by atoms with Crippen molar-refractivity contribution in [1.82, 2.24) is 5.32 Å². The van der Waals surface area contributed by atoms with Crippen LogP contribution in [0.2, 0.25) is 0 Å².